The van der Waals surface area contributed by atoms with E-state index in [2.05, 4.69) is 11.4 Å². The topological polar surface area (TPSA) is 65.4 Å². The first-order chi connectivity index (χ1) is 10.2. The molecule has 1 N–H and O–H groups in total. The molecule has 1 fully saturated rings. The Hall–Kier alpha value is -1.77. The van der Waals surface area contributed by atoms with E-state index < -0.39 is 6.04 Å². The number of ether oxygens (including phenoxy) is 1. The smallest absolute Gasteiger partial charge is 0.245 e. The van der Waals surface area contributed by atoms with E-state index in [1.807, 2.05) is 17.9 Å². The van der Waals surface area contributed by atoms with Gasteiger partial charge >= 0.3 is 0 Å². The third-order valence-corrected chi connectivity index (χ3v) is 3.71. The molecule has 112 valence electrons. The van der Waals surface area contributed by atoms with Crippen molar-refractivity contribution in [3.8, 4) is 6.07 Å². The molecule has 1 aliphatic rings. The number of hydrogen-bond acceptors (Lipinski definition) is 4. The van der Waals surface area contributed by atoms with E-state index in [0.29, 0.717) is 42.6 Å². The number of rotatable bonds is 4. The summed E-state index contributed by atoms with van der Waals surface area (Å²) < 4.78 is 5.42. The summed E-state index contributed by atoms with van der Waals surface area (Å²) in [6.45, 7) is 4.02. The van der Waals surface area contributed by atoms with Crippen molar-refractivity contribution in [2.45, 2.75) is 19.4 Å². The molecule has 21 heavy (non-hydrogen) atoms. The predicted octanol–water partition coefficient (Wildman–Crippen LogP) is 1.94. The minimum absolute atomic E-state index is 0.0829. The van der Waals surface area contributed by atoms with Crippen LogP contribution in [0.2, 0.25) is 5.02 Å². The number of benzene rings is 1. The van der Waals surface area contributed by atoms with Gasteiger partial charge < -0.3 is 15.0 Å². The van der Waals surface area contributed by atoms with Gasteiger partial charge in [-0.25, -0.2) is 0 Å². The quantitative estimate of drug-likeness (QED) is 0.923. The Labute approximate surface area is 129 Å². The summed E-state index contributed by atoms with van der Waals surface area (Å²) in [5, 5.41) is 12.6. The molecule has 1 aromatic rings. The Balaban J connectivity index is 2.29. The lowest BCUT2D eigenvalue weighted by atomic mass is 10.1. The van der Waals surface area contributed by atoms with Gasteiger partial charge in [0.05, 0.1) is 29.5 Å². The molecule has 1 heterocycles. The van der Waals surface area contributed by atoms with Crippen LogP contribution in [0.15, 0.2) is 18.2 Å². The maximum Gasteiger partial charge on any atom is 0.245 e. The van der Waals surface area contributed by atoms with Crippen molar-refractivity contribution < 1.29 is 9.53 Å². The van der Waals surface area contributed by atoms with Gasteiger partial charge in [-0.05, 0) is 18.6 Å². The lowest BCUT2D eigenvalue weighted by molar-refractivity contribution is -0.124. The van der Waals surface area contributed by atoms with Crippen molar-refractivity contribution in [1.82, 2.24) is 5.32 Å². The standard InChI is InChI=1S/C15H18ClN3O2/c1-2-6-18-15(20)14-10-21-8-7-19(14)13-5-3-4-12(16)11(13)9-17/h3-5,14H,2,6-8,10H2,1H3,(H,18,20). The van der Waals surface area contributed by atoms with E-state index in [1.165, 1.54) is 0 Å². The predicted molar refractivity (Wildman–Crippen MR) is 81.4 cm³/mol. The Morgan fingerprint density at radius 3 is 3.14 bits per heavy atom. The largest absolute Gasteiger partial charge is 0.377 e. The number of amides is 1. The number of halogens is 1. The first-order valence-corrected chi connectivity index (χ1v) is 7.37. The van der Waals surface area contributed by atoms with Crippen LogP contribution in [0, 0.1) is 11.3 Å². The fourth-order valence-corrected chi connectivity index (χ4v) is 2.55. The van der Waals surface area contributed by atoms with E-state index in [4.69, 9.17) is 16.3 Å². The average molecular weight is 308 g/mol. The van der Waals surface area contributed by atoms with Crippen LogP contribution in [0.1, 0.15) is 18.9 Å². The third-order valence-electron chi connectivity index (χ3n) is 3.39. The second-order valence-corrected chi connectivity index (χ2v) is 5.23. The van der Waals surface area contributed by atoms with Crippen LogP contribution in [-0.2, 0) is 9.53 Å². The molecule has 1 atom stereocenters. The number of carbonyl (C=O) groups is 1. The highest BCUT2D eigenvalue weighted by Crippen LogP contribution is 2.29. The molecule has 5 nitrogen and oxygen atoms in total. The monoisotopic (exact) mass is 307 g/mol. The van der Waals surface area contributed by atoms with Gasteiger partial charge in [0.25, 0.3) is 0 Å². The zero-order valence-electron chi connectivity index (χ0n) is 11.9. The zero-order valence-corrected chi connectivity index (χ0v) is 12.7. The third kappa shape index (κ3) is 3.46. The van der Waals surface area contributed by atoms with E-state index in [0.717, 1.165) is 6.42 Å². The number of hydrogen-bond donors (Lipinski definition) is 1. The van der Waals surface area contributed by atoms with Crippen LogP contribution in [-0.4, -0.2) is 38.3 Å². The molecule has 0 bridgehead atoms. The molecule has 1 aliphatic heterocycles. The maximum absolute atomic E-state index is 12.3. The van der Waals surface area contributed by atoms with Gasteiger partial charge in [0, 0.05) is 13.1 Å². The van der Waals surface area contributed by atoms with Crippen molar-refractivity contribution in [2.75, 3.05) is 31.2 Å². The number of morpholine rings is 1. The van der Waals surface area contributed by atoms with Gasteiger partial charge in [-0.3, -0.25) is 4.79 Å². The van der Waals surface area contributed by atoms with E-state index in [9.17, 15) is 10.1 Å². The number of carbonyl (C=O) groups excluding carboxylic acids is 1. The molecular formula is C15H18ClN3O2. The summed E-state index contributed by atoms with van der Waals surface area (Å²) in [7, 11) is 0. The molecule has 0 saturated carbocycles. The average Bonchev–Trinajstić information content (AvgIpc) is 2.52. The van der Waals surface area contributed by atoms with E-state index >= 15 is 0 Å². The minimum atomic E-state index is -0.434. The first kappa shape index (κ1) is 15.6. The number of nitrogens with zero attached hydrogens (tertiary/aromatic N) is 2. The van der Waals surface area contributed by atoms with Crippen molar-refractivity contribution in [2.24, 2.45) is 0 Å². The molecular weight excluding hydrogens is 290 g/mol. The molecule has 0 aliphatic carbocycles. The van der Waals surface area contributed by atoms with Gasteiger partial charge in [0.1, 0.15) is 12.1 Å². The van der Waals surface area contributed by atoms with Crippen LogP contribution in [0.4, 0.5) is 5.69 Å². The highest BCUT2D eigenvalue weighted by Gasteiger charge is 2.31. The van der Waals surface area contributed by atoms with Crippen molar-refractivity contribution in [1.29, 1.82) is 5.26 Å². The fraction of sp³-hybridized carbons (Fsp3) is 0.467. The van der Waals surface area contributed by atoms with Gasteiger partial charge in [0.15, 0.2) is 0 Å². The summed E-state index contributed by atoms with van der Waals surface area (Å²) in [4.78, 5) is 14.2. The van der Waals surface area contributed by atoms with E-state index in [1.54, 1.807) is 12.1 Å². The van der Waals surface area contributed by atoms with Crippen LogP contribution < -0.4 is 10.2 Å². The van der Waals surface area contributed by atoms with Gasteiger partial charge in [-0.2, -0.15) is 5.26 Å². The number of nitriles is 1. The molecule has 6 heteroatoms. The minimum Gasteiger partial charge on any atom is -0.377 e. The van der Waals surface area contributed by atoms with Crippen LogP contribution in [0.5, 0.6) is 0 Å². The van der Waals surface area contributed by atoms with Crippen LogP contribution >= 0.6 is 11.6 Å². The molecule has 1 unspecified atom stereocenters. The summed E-state index contributed by atoms with van der Waals surface area (Å²) in [5.41, 5.74) is 1.08. The number of nitrogens with one attached hydrogen (secondary N) is 1. The summed E-state index contributed by atoms with van der Waals surface area (Å²) in [6.07, 6.45) is 0.875. The molecule has 1 aromatic carbocycles. The lowest BCUT2D eigenvalue weighted by Gasteiger charge is -2.36. The summed E-state index contributed by atoms with van der Waals surface area (Å²) >= 11 is 6.08. The van der Waals surface area contributed by atoms with Crippen molar-refractivity contribution in [3.05, 3.63) is 28.8 Å². The van der Waals surface area contributed by atoms with Gasteiger partial charge in [0.2, 0.25) is 5.91 Å². The molecule has 0 aromatic heterocycles. The first-order valence-electron chi connectivity index (χ1n) is 6.99. The van der Waals surface area contributed by atoms with E-state index in [-0.39, 0.29) is 5.91 Å². The normalized spacial score (nSPS) is 18.1. The second kappa shape index (κ2) is 7.30. The van der Waals surface area contributed by atoms with Gasteiger partial charge in [-0.15, -0.1) is 0 Å². The summed E-state index contributed by atoms with van der Waals surface area (Å²) in [5.74, 6) is -0.0829. The molecule has 1 saturated heterocycles. The van der Waals surface area contributed by atoms with Crippen LogP contribution in [0.25, 0.3) is 0 Å². The highest BCUT2D eigenvalue weighted by atomic mass is 35.5. The zero-order chi connectivity index (χ0) is 15.2. The molecule has 1 amide bonds. The SMILES string of the molecule is CCCNC(=O)C1COCCN1c1cccc(Cl)c1C#N. The Morgan fingerprint density at radius 2 is 2.43 bits per heavy atom. The molecule has 2 rings (SSSR count). The Morgan fingerprint density at radius 1 is 1.62 bits per heavy atom. The van der Waals surface area contributed by atoms with Crippen LogP contribution in [0.3, 0.4) is 0 Å². The second-order valence-electron chi connectivity index (χ2n) is 4.82. The summed E-state index contributed by atoms with van der Waals surface area (Å²) in [6, 6.07) is 6.96. The highest BCUT2D eigenvalue weighted by molar-refractivity contribution is 6.32. The Kier molecular flexibility index (Phi) is 5.43. The molecule has 0 radical (unpaired) electrons. The van der Waals surface area contributed by atoms with Crippen molar-refractivity contribution in [3.63, 3.8) is 0 Å². The fourth-order valence-electron chi connectivity index (χ4n) is 2.34. The number of anilines is 1. The van der Waals surface area contributed by atoms with Gasteiger partial charge in [-0.1, -0.05) is 24.6 Å². The Bertz CT molecular complexity index is 556. The van der Waals surface area contributed by atoms with Crippen molar-refractivity contribution >= 4 is 23.2 Å². The maximum atomic E-state index is 12.3. The lowest BCUT2D eigenvalue weighted by Crippen LogP contribution is -2.54. The molecule has 0 spiro atoms.